The fraction of sp³-hybridized carbons (Fsp3) is 0.667. The van der Waals surface area contributed by atoms with Crippen molar-refractivity contribution in [2.24, 2.45) is 0 Å². The second kappa shape index (κ2) is 6.79. The number of hydrogen-bond donors (Lipinski definition) is 1. The maximum absolute atomic E-state index is 11.5. The molecule has 2 aliphatic carbocycles. The molecule has 1 N–H and O–H groups in total. The summed E-state index contributed by atoms with van der Waals surface area (Å²) in [6.07, 6.45) is 6.16. The molecule has 0 heterocycles. The van der Waals surface area contributed by atoms with Gasteiger partial charge in [-0.05, 0) is 56.6 Å². The molecule has 5 heteroatoms. The van der Waals surface area contributed by atoms with E-state index >= 15 is 0 Å². The zero-order chi connectivity index (χ0) is 16.0. The lowest BCUT2D eigenvalue weighted by atomic mass is 9.52. The van der Waals surface area contributed by atoms with Crippen molar-refractivity contribution >= 4 is 24.0 Å². The molecule has 3 nitrogen and oxygen atoms in total. The van der Waals surface area contributed by atoms with Crippen LogP contribution in [0, 0.1) is 0 Å². The predicted molar refractivity (Wildman–Crippen MR) is 97.2 cm³/mol. The van der Waals surface area contributed by atoms with E-state index in [1.165, 1.54) is 17.5 Å². The normalized spacial score (nSPS) is 25.3. The van der Waals surface area contributed by atoms with E-state index in [0.717, 1.165) is 44.4 Å². The quantitative estimate of drug-likeness (QED) is 0.886. The number of rotatable bonds is 4. The van der Waals surface area contributed by atoms with Crippen LogP contribution in [0.25, 0.3) is 0 Å². The van der Waals surface area contributed by atoms with Gasteiger partial charge >= 0.3 is 0 Å². The van der Waals surface area contributed by atoms with Crippen molar-refractivity contribution in [3.8, 4) is 5.75 Å². The summed E-state index contributed by atoms with van der Waals surface area (Å²) in [6, 6.07) is 4.06. The molecule has 1 saturated carbocycles. The lowest BCUT2D eigenvalue weighted by molar-refractivity contribution is -0.0869. The predicted octanol–water partition coefficient (Wildman–Crippen LogP) is 3.82. The zero-order valence-corrected chi connectivity index (χ0v) is 15.8. The van der Waals surface area contributed by atoms with Gasteiger partial charge in [-0.15, -0.1) is 12.4 Å². The van der Waals surface area contributed by atoms with Gasteiger partial charge in [-0.1, -0.05) is 30.9 Å². The first-order chi connectivity index (χ1) is 10.4. The number of likely N-dealkylation sites (N-methyl/N-ethyl adjacent to an activating group) is 1. The van der Waals surface area contributed by atoms with Crippen LogP contribution in [0.2, 0.25) is 5.02 Å². The highest BCUT2D eigenvalue weighted by molar-refractivity contribution is 6.32. The Kier molecular flexibility index (Phi) is 5.57. The molecule has 2 aliphatic rings. The highest BCUT2D eigenvalue weighted by atomic mass is 35.5. The summed E-state index contributed by atoms with van der Waals surface area (Å²) in [5, 5.41) is 12.1. The Morgan fingerprint density at radius 3 is 2.43 bits per heavy atom. The molecule has 130 valence electrons. The second-order valence-corrected chi connectivity index (χ2v) is 7.64. The fourth-order valence-electron chi connectivity index (χ4n) is 4.52. The summed E-state index contributed by atoms with van der Waals surface area (Å²) >= 11 is 6.36. The van der Waals surface area contributed by atoms with E-state index in [0.29, 0.717) is 5.02 Å². The number of hydrogen-bond acceptors (Lipinski definition) is 3. The molecule has 1 aromatic carbocycles. The van der Waals surface area contributed by atoms with E-state index in [2.05, 4.69) is 19.0 Å². The van der Waals surface area contributed by atoms with Gasteiger partial charge in [0.25, 0.3) is 0 Å². The van der Waals surface area contributed by atoms with Crippen molar-refractivity contribution < 1.29 is 9.84 Å². The summed E-state index contributed by atoms with van der Waals surface area (Å²) in [7, 11) is 5.81. The van der Waals surface area contributed by atoms with E-state index in [-0.39, 0.29) is 17.8 Å². The molecule has 0 bridgehead atoms. The van der Waals surface area contributed by atoms with Gasteiger partial charge in [-0.3, -0.25) is 0 Å². The first kappa shape index (κ1) is 18.9. The minimum atomic E-state index is -0.611. The van der Waals surface area contributed by atoms with Crippen molar-refractivity contribution in [3.63, 3.8) is 0 Å². The average Bonchev–Trinajstić information content (AvgIpc) is 2.47. The molecule has 0 spiro atoms. The maximum atomic E-state index is 11.5. The van der Waals surface area contributed by atoms with E-state index in [9.17, 15) is 5.11 Å². The Hall–Kier alpha value is -0.480. The largest absolute Gasteiger partial charge is 0.495 e. The van der Waals surface area contributed by atoms with Crippen LogP contribution in [0.5, 0.6) is 5.75 Å². The smallest absolute Gasteiger partial charge is 0.137 e. The highest BCUT2D eigenvalue weighted by Gasteiger charge is 2.57. The molecule has 0 radical (unpaired) electrons. The number of fused-ring (bicyclic) bond motifs is 1. The monoisotopic (exact) mass is 359 g/mol. The highest BCUT2D eigenvalue weighted by Crippen LogP contribution is 2.55. The lowest BCUT2D eigenvalue weighted by Gasteiger charge is -2.57. The lowest BCUT2D eigenvalue weighted by Crippen LogP contribution is -2.63. The summed E-state index contributed by atoms with van der Waals surface area (Å²) in [4.78, 5) is 2.19. The van der Waals surface area contributed by atoms with Crippen molar-refractivity contribution in [3.05, 3.63) is 28.3 Å². The molecule has 1 aromatic rings. The van der Waals surface area contributed by atoms with E-state index < -0.39 is 5.60 Å². The Morgan fingerprint density at radius 2 is 1.87 bits per heavy atom. The molecular formula is C18H27Cl2NO2. The number of ether oxygens (including phenoxy) is 1. The van der Waals surface area contributed by atoms with Gasteiger partial charge in [0, 0.05) is 12.0 Å². The van der Waals surface area contributed by atoms with Gasteiger partial charge < -0.3 is 14.7 Å². The summed E-state index contributed by atoms with van der Waals surface area (Å²) in [6.45, 7) is 0.860. The summed E-state index contributed by atoms with van der Waals surface area (Å²) in [5.74, 6) is 0.731. The third-order valence-electron chi connectivity index (χ3n) is 5.54. The van der Waals surface area contributed by atoms with Crippen molar-refractivity contribution in [2.45, 2.75) is 49.5 Å². The molecular weight excluding hydrogens is 333 g/mol. The van der Waals surface area contributed by atoms with Crippen LogP contribution >= 0.6 is 24.0 Å². The SMILES string of the molecule is COc1cc2c(cc1Cl)C(CN(C)C)(C1(O)CCCCC1)C2.Cl. The molecule has 0 aromatic heterocycles. The van der Waals surface area contributed by atoms with Crippen molar-refractivity contribution in [1.29, 1.82) is 0 Å². The zero-order valence-electron chi connectivity index (χ0n) is 14.2. The van der Waals surface area contributed by atoms with Crippen LogP contribution in [0.1, 0.15) is 43.2 Å². The maximum Gasteiger partial charge on any atom is 0.137 e. The van der Waals surface area contributed by atoms with E-state index in [4.69, 9.17) is 16.3 Å². The third kappa shape index (κ3) is 2.97. The molecule has 3 rings (SSSR count). The summed E-state index contributed by atoms with van der Waals surface area (Å²) < 4.78 is 5.33. The molecule has 1 atom stereocenters. The Bertz CT molecular complexity index is 570. The topological polar surface area (TPSA) is 32.7 Å². The van der Waals surface area contributed by atoms with Gasteiger partial charge in [-0.2, -0.15) is 0 Å². The second-order valence-electron chi connectivity index (χ2n) is 7.23. The standard InChI is InChI=1S/C18H26ClNO2.ClH/c1-20(2)12-17(18(21)7-5-4-6-8-18)11-13-9-16(22-3)15(19)10-14(13)17;/h9-10,21H,4-8,11-12H2,1-3H3;1H. The van der Waals surface area contributed by atoms with Gasteiger partial charge in [0.1, 0.15) is 5.75 Å². The van der Waals surface area contributed by atoms with Crippen LogP contribution in [-0.2, 0) is 11.8 Å². The first-order valence-electron chi connectivity index (χ1n) is 8.16. The average molecular weight is 360 g/mol. The van der Waals surface area contributed by atoms with Gasteiger partial charge in [-0.25, -0.2) is 0 Å². The molecule has 0 amide bonds. The van der Waals surface area contributed by atoms with E-state index in [1.54, 1.807) is 7.11 Å². The molecule has 1 unspecified atom stereocenters. The Morgan fingerprint density at radius 1 is 1.22 bits per heavy atom. The Labute approximate surface area is 150 Å². The van der Waals surface area contributed by atoms with Crippen LogP contribution in [0.4, 0.5) is 0 Å². The van der Waals surface area contributed by atoms with Crippen LogP contribution in [0.3, 0.4) is 0 Å². The van der Waals surface area contributed by atoms with Gasteiger partial charge in [0.15, 0.2) is 0 Å². The molecule has 1 fully saturated rings. The van der Waals surface area contributed by atoms with Gasteiger partial charge in [0.2, 0.25) is 0 Å². The minimum Gasteiger partial charge on any atom is -0.495 e. The first-order valence-corrected chi connectivity index (χ1v) is 8.54. The minimum absolute atomic E-state index is 0. The molecule has 23 heavy (non-hydrogen) atoms. The third-order valence-corrected chi connectivity index (χ3v) is 5.84. The van der Waals surface area contributed by atoms with Crippen molar-refractivity contribution in [1.82, 2.24) is 4.90 Å². The fourth-order valence-corrected chi connectivity index (χ4v) is 4.76. The summed E-state index contributed by atoms with van der Waals surface area (Å²) in [5.41, 5.74) is 1.68. The van der Waals surface area contributed by atoms with E-state index in [1.807, 2.05) is 12.1 Å². The number of halogens is 2. The van der Waals surface area contributed by atoms with Crippen LogP contribution < -0.4 is 4.74 Å². The van der Waals surface area contributed by atoms with Crippen molar-refractivity contribution in [2.75, 3.05) is 27.7 Å². The van der Waals surface area contributed by atoms with Crippen LogP contribution in [0.15, 0.2) is 12.1 Å². The number of methoxy groups -OCH3 is 1. The molecule has 0 saturated heterocycles. The number of aliphatic hydroxyl groups is 1. The molecule has 0 aliphatic heterocycles. The Balaban J connectivity index is 0.00000192. The van der Waals surface area contributed by atoms with Gasteiger partial charge in [0.05, 0.1) is 17.7 Å². The number of nitrogens with zero attached hydrogens (tertiary/aromatic N) is 1. The van der Waals surface area contributed by atoms with Crippen LogP contribution in [-0.4, -0.2) is 43.4 Å². The number of benzene rings is 1.